The molecule has 0 aliphatic carbocycles. The Balaban J connectivity index is 1.60. The first-order chi connectivity index (χ1) is 17.1. The SMILES string of the molecule is CS(=O)(=O)CCC(c1nc(NC2CCN(S(C)(=O)=O)CC2)nc(N2CCOCC2)n1)N1CCNCC1. The molecule has 0 saturated carbocycles. The van der Waals surface area contributed by atoms with Crippen molar-refractivity contribution in [3.05, 3.63) is 5.82 Å². The molecule has 3 saturated heterocycles. The summed E-state index contributed by atoms with van der Waals surface area (Å²) in [7, 11) is -6.36. The Morgan fingerprint density at radius 1 is 0.972 bits per heavy atom. The summed E-state index contributed by atoms with van der Waals surface area (Å²) in [6.45, 7) is 6.59. The molecule has 1 aromatic heterocycles. The number of morpholine rings is 1. The zero-order chi connectivity index (χ0) is 25.8. The highest BCUT2D eigenvalue weighted by molar-refractivity contribution is 7.90. The van der Waals surface area contributed by atoms with Gasteiger partial charge in [-0.1, -0.05) is 0 Å². The van der Waals surface area contributed by atoms with Gasteiger partial charge in [-0.05, 0) is 19.3 Å². The van der Waals surface area contributed by atoms with E-state index in [1.807, 2.05) is 0 Å². The quantitative estimate of drug-likeness (QED) is 0.388. The van der Waals surface area contributed by atoms with Gasteiger partial charge in [0, 0.05) is 64.7 Å². The summed E-state index contributed by atoms with van der Waals surface area (Å²) >= 11 is 0. The minimum atomic E-state index is -3.21. The molecule has 0 amide bonds. The van der Waals surface area contributed by atoms with Crippen molar-refractivity contribution in [2.45, 2.75) is 31.3 Å². The van der Waals surface area contributed by atoms with Crippen LogP contribution in [-0.4, -0.2) is 131 Å². The van der Waals surface area contributed by atoms with Crippen molar-refractivity contribution in [2.75, 3.05) is 94.1 Å². The smallest absolute Gasteiger partial charge is 0.230 e. The van der Waals surface area contributed by atoms with E-state index in [-0.39, 0.29) is 17.8 Å². The van der Waals surface area contributed by atoms with Gasteiger partial charge in [0.2, 0.25) is 21.9 Å². The van der Waals surface area contributed by atoms with E-state index in [1.165, 1.54) is 16.8 Å². The number of hydrogen-bond acceptors (Lipinski definition) is 12. The first-order valence-corrected chi connectivity index (χ1v) is 16.4. The fourth-order valence-electron chi connectivity index (χ4n) is 4.81. The lowest BCUT2D eigenvalue weighted by atomic mass is 10.1. The summed E-state index contributed by atoms with van der Waals surface area (Å²) in [6, 6.07) is -0.221. The lowest BCUT2D eigenvalue weighted by Crippen LogP contribution is -2.46. The maximum atomic E-state index is 12.0. The van der Waals surface area contributed by atoms with Crippen molar-refractivity contribution in [2.24, 2.45) is 0 Å². The molecule has 1 atom stereocenters. The number of hydrogen-bond donors (Lipinski definition) is 2. The van der Waals surface area contributed by atoms with Gasteiger partial charge in [-0.25, -0.2) is 21.1 Å². The number of nitrogens with zero attached hydrogens (tertiary/aromatic N) is 6. The van der Waals surface area contributed by atoms with E-state index in [1.54, 1.807) is 0 Å². The molecule has 1 aromatic rings. The summed E-state index contributed by atoms with van der Waals surface area (Å²) in [5.41, 5.74) is 0. The number of nitrogens with one attached hydrogen (secondary N) is 2. The molecular formula is C21H38N8O5S2. The van der Waals surface area contributed by atoms with Crippen LogP contribution in [0.1, 0.15) is 31.1 Å². The molecule has 3 aliphatic rings. The van der Waals surface area contributed by atoms with E-state index in [0.29, 0.717) is 76.4 Å². The molecule has 3 aliphatic heterocycles. The van der Waals surface area contributed by atoms with Crippen LogP contribution in [0.2, 0.25) is 0 Å². The first-order valence-electron chi connectivity index (χ1n) is 12.5. The number of piperidine rings is 1. The molecule has 4 rings (SSSR count). The Hall–Kier alpha value is -1.65. The normalized spacial score (nSPS) is 22.4. The molecule has 0 radical (unpaired) electrons. The van der Waals surface area contributed by atoms with Crippen LogP contribution in [0.25, 0.3) is 0 Å². The van der Waals surface area contributed by atoms with Gasteiger partial charge in [0.25, 0.3) is 0 Å². The second kappa shape index (κ2) is 11.8. The number of anilines is 2. The third kappa shape index (κ3) is 7.68. The summed E-state index contributed by atoms with van der Waals surface area (Å²) < 4.78 is 54.8. The minimum absolute atomic E-state index is 0.0319. The van der Waals surface area contributed by atoms with Crippen LogP contribution >= 0.6 is 0 Å². The molecule has 0 bridgehead atoms. The Morgan fingerprint density at radius 3 is 2.25 bits per heavy atom. The zero-order valence-electron chi connectivity index (χ0n) is 21.1. The largest absolute Gasteiger partial charge is 0.378 e. The van der Waals surface area contributed by atoms with Gasteiger partial charge >= 0.3 is 0 Å². The number of rotatable bonds is 9. The minimum Gasteiger partial charge on any atom is -0.378 e. The van der Waals surface area contributed by atoms with E-state index >= 15 is 0 Å². The Labute approximate surface area is 214 Å². The molecule has 15 heteroatoms. The van der Waals surface area contributed by atoms with E-state index in [9.17, 15) is 16.8 Å². The monoisotopic (exact) mass is 546 g/mol. The molecule has 0 aromatic carbocycles. The van der Waals surface area contributed by atoms with Crippen LogP contribution in [0, 0.1) is 0 Å². The molecular weight excluding hydrogens is 508 g/mol. The second-order valence-electron chi connectivity index (χ2n) is 9.72. The highest BCUT2D eigenvalue weighted by Crippen LogP contribution is 2.26. The zero-order valence-corrected chi connectivity index (χ0v) is 22.7. The number of sulfonamides is 1. The maximum Gasteiger partial charge on any atom is 0.230 e. The average Bonchev–Trinajstić information content (AvgIpc) is 2.84. The molecule has 4 heterocycles. The number of ether oxygens (including phenoxy) is 1. The summed E-state index contributed by atoms with van der Waals surface area (Å²) in [4.78, 5) is 18.6. The fourth-order valence-corrected chi connectivity index (χ4v) is 6.33. The van der Waals surface area contributed by atoms with Crippen LogP contribution in [-0.2, 0) is 24.6 Å². The van der Waals surface area contributed by atoms with Gasteiger partial charge in [-0.3, -0.25) is 4.90 Å². The van der Waals surface area contributed by atoms with Gasteiger partial charge in [0.05, 0.1) is 31.3 Å². The third-order valence-electron chi connectivity index (χ3n) is 6.84. The van der Waals surface area contributed by atoms with E-state index in [2.05, 4.69) is 20.4 Å². The average molecular weight is 547 g/mol. The van der Waals surface area contributed by atoms with Crippen molar-refractivity contribution < 1.29 is 21.6 Å². The van der Waals surface area contributed by atoms with Crippen LogP contribution < -0.4 is 15.5 Å². The van der Waals surface area contributed by atoms with E-state index in [0.717, 1.165) is 26.2 Å². The van der Waals surface area contributed by atoms with Crippen LogP contribution in [0.15, 0.2) is 0 Å². The molecule has 204 valence electrons. The van der Waals surface area contributed by atoms with Gasteiger partial charge in [0.1, 0.15) is 9.84 Å². The Bertz CT molecular complexity index is 1080. The van der Waals surface area contributed by atoms with Crippen molar-refractivity contribution in [3.8, 4) is 0 Å². The predicted molar refractivity (Wildman–Crippen MR) is 137 cm³/mol. The Morgan fingerprint density at radius 2 is 1.64 bits per heavy atom. The lowest BCUT2D eigenvalue weighted by molar-refractivity contribution is 0.121. The summed E-state index contributed by atoms with van der Waals surface area (Å²) in [5.74, 6) is 1.61. The molecule has 36 heavy (non-hydrogen) atoms. The van der Waals surface area contributed by atoms with E-state index < -0.39 is 19.9 Å². The molecule has 0 spiro atoms. The predicted octanol–water partition coefficient (Wildman–Crippen LogP) is -1.07. The highest BCUT2D eigenvalue weighted by atomic mass is 32.2. The summed E-state index contributed by atoms with van der Waals surface area (Å²) in [5, 5.41) is 6.75. The van der Waals surface area contributed by atoms with Crippen LogP contribution in [0.4, 0.5) is 11.9 Å². The standard InChI is InChI=1S/C21H38N8O5S2/c1-35(30,31)16-5-18(27-10-6-22-7-11-27)19-24-20(26-21(25-19)28-12-14-34-15-13-28)23-17-3-8-29(9-4-17)36(2,32)33/h17-18,22H,3-16H2,1-2H3,(H,23,24,25,26). The number of piperazine rings is 1. The van der Waals surface area contributed by atoms with Gasteiger partial charge in [-0.2, -0.15) is 15.0 Å². The molecule has 3 fully saturated rings. The van der Waals surface area contributed by atoms with Crippen LogP contribution in [0.3, 0.4) is 0 Å². The van der Waals surface area contributed by atoms with Gasteiger partial charge in [0.15, 0.2) is 5.82 Å². The first kappa shape index (κ1) is 27.4. The van der Waals surface area contributed by atoms with Gasteiger partial charge < -0.3 is 20.3 Å². The van der Waals surface area contributed by atoms with Crippen molar-refractivity contribution in [3.63, 3.8) is 0 Å². The molecule has 2 N–H and O–H groups in total. The highest BCUT2D eigenvalue weighted by Gasteiger charge is 2.30. The lowest BCUT2D eigenvalue weighted by Gasteiger charge is -2.35. The Kier molecular flexibility index (Phi) is 8.99. The molecule has 13 nitrogen and oxygen atoms in total. The number of sulfone groups is 1. The molecule has 1 unspecified atom stereocenters. The van der Waals surface area contributed by atoms with Crippen molar-refractivity contribution in [1.29, 1.82) is 0 Å². The topological polar surface area (TPSA) is 150 Å². The summed E-state index contributed by atoms with van der Waals surface area (Å²) in [6.07, 6.45) is 4.19. The van der Waals surface area contributed by atoms with Crippen molar-refractivity contribution >= 4 is 31.8 Å². The fraction of sp³-hybridized carbons (Fsp3) is 0.857. The van der Waals surface area contributed by atoms with Gasteiger partial charge in [-0.15, -0.1) is 0 Å². The van der Waals surface area contributed by atoms with E-state index in [4.69, 9.17) is 19.7 Å². The second-order valence-corrected chi connectivity index (χ2v) is 14.0. The maximum absolute atomic E-state index is 12.0. The van der Waals surface area contributed by atoms with Crippen molar-refractivity contribution in [1.82, 2.24) is 29.5 Å². The number of aromatic nitrogens is 3. The third-order valence-corrected chi connectivity index (χ3v) is 9.12. The van der Waals surface area contributed by atoms with Crippen LogP contribution in [0.5, 0.6) is 0 Å².